The van der Waals surface area contributed by atoms with Gasteiger partial charge < -0.3 is 25.8 Å². The summed E-state index contributed by atoms with van der Waals surface area (Å²) in [4.78, 5) is 36.3. The SMILES string of the molecule is CN1CCN(C(=O)Nc2ccnc3[nH]cc(/C=C(\C(N)=O)c4ccccc4)c23)CC1. The molecule has 0 radical (unpaired) electrons. The topological polar surface area (TPSA) is 107 Å². The lowest BCUT2D eigenvalue weighted by atomic mass is 10.0. The van der Waals surface area contributed by atoms with E-state index in [1.54, 1.807) is 29.4 Å². The van der Waals surface area contributed by atoms with Gasteiger partial charge in [0.1, 0.15) is 5.65 Å². The molecular formula is C22H24N6O2. The number of hydrogen-bond donors (Lipinski definition) is 3. The maximum Gasteiger partial charge on any atom is 0.321 e. The fourth-order valence-corrected chi connectivity index (χ4v) is 3.57. The van der Waals surface area contributed by atoms with Gasteiger partial charge in [0.25, 0.3) is 0 Å². The van der Waals surface area contributed by atoms with Crippen LogP contribution in [0.3, 0.4) is 0 Å². The van der Waals surface area contributed by atoms with Gasteiger partial charge in [-0.1, -0.05) is 30.3 Å². The Balaban J connectivity index is 1.69. The van der Waals surface area contributed by atoms with Gasteiger partial charge in [-0.2, -0.15) is 0 Å². The third-order valence-corrected chi connectivity index (χ3v) is 5.29. The Kier molecular flexibility index (Phi) is 5.49. The number of amides is 3. The van der Waals surface area contributed by atoms with Crippen molar-refractivity contribution in [2.24, 2.45) is 5.73 Å². The van der Waals surface area contributed by atoms with Gasteiger partial charge in [-0.05, 0) is 24.8 Å². The number of benzene rings is 1. The van der Waals surface area contributed by atoms with Crippen molar-refractivity contribution >= 4 is 40.3 Å². The van der Waals surface area contributed by atoms with Crippen LogP contribution in [0.5, 0.6) is 0 Å². The van der Waals surface area contributed by atoms with Crippen molar-refractivity contribution < 1.29 is 9.59 Å². The molecular weight excluding hydrogens is 380 g/mol. The highest BCUT2D eigenvalue weighted by atomic mass is 16.2. The van der Waals surface area contributed by atoms with Crippen molar-refractivity contribution in [1.29, 1.82) is 0 Å². The van der Waals surface area contributed by atoms with Gasteiger partial charge in [0, 0.05) is 55.1 Å². The quantitative estimate of drug-likeness (QED) is 0.580. The van der Waals surface area contributed by atoms with Gasteiger partial charge in [0.15, 0.2) is 0 Å². The second-order valence-corrected chi connectivity index (χ2v) is 7.33. The first-order valence-electron chi connectivity index (χ1n) is 9.80. The van der Waals surface area contributed by atoms with Crippen LogP contribution in [0.1, 0.15) is 11.1 Å². The monoisotopic (exact) mass is 404 g/mol. The predicted octanol–water partition coefficient (Wildman–Crippen LogP) is 2.37. The largest absolute Gasteiger partial charge is 0.366 e. The van der Waals surface area contributed by atoms with Crippen molar-refractivity contribution in [3.63, 3.8) is 0 Å². The molecule has 0 bridgehead atoms. The number of pyridine rings is 1. The first kappa shape index (κ1) is 19.7. The van der Waals surface area contributed by atoms with Crippen LogP contribution in [0.15, 0.2) is 48.8 Å². The molecule has 1 aromatic carbocycles. The first-order valence-corrected chi connectivity index (χ1v) is 9.80. The number of primary amides is 1. The normalized spacial score (nSPS) is 15.4. The van der Waals surface area contributed by atoms with E-state index < -0.39 is 5.91 Å². The standard InChI is InChI=1S/C22H24N6O2/c1-27-9-11-28(12-10-27)22(30)26-18-7-8-24-21-19(18)16(14-25-21)13-17(20(23)29)15-5-3-2-4-6-15/h2-8,13-14H,9-12H2,1H3,(H2,23,29)(H2,24,25,26,30)/b17-13-. The molecule has 30 heavy (non-hydrogen) atoms. The minimum absolute atomic E-state index is 0.148. The van der Waals surface area contributed by atoms with E-state index in [0.29, 0.717) is 30.0 Å². The van der Waals surface area contributed by atoms with E-state index in [4.69, 9.17) is 5.73 Å². The predicted molar refractivity (Wildman–Crippen MR) is 118 cm³/mol. The molecule has 0 atom stereocenters. The van der Waals surface area contributed by atoms with Crippen molar-refractivity contribution in [2.45, 2.75) is 0 Å². The molecule has 3 aromatic rings. The van der Waals surface area contributed by atoms with E-state index in [9.17, 15) is 9.59 Å². The number of carbonyl (C=O) groups excluding carboxylic acids is 2. The van der Waals surface area contributed by atoms with Gasteiger partial charge in [-0.25, -0.2) is 9.78 Å². The first-order chi connectivity index (χ1) is 14.5. The maximum absolute atomic E-state index is 12.8. The molecule has 1 aliphatic heterocycles. The van der Waals surface area contributed by atoms with Crippen LogP contribution in [-0.2, 0) is 4.79 Å². The molecule has 0 aliphatic carbocycles. The fraction of sp³-hybridized carbons (Fsp3) is 0.227. The number of anilines is 1. The summed E-state index contributed by atoms with van der Waals surface area (Å²) in [5.41, 5.74) is 8.74. The Labute approximate surface area is 174 Å². The average Bonchev–Trinajstić information content (AvgIpc) is 3.17. The number of carbonyl (C=O) groups is 2. The zero-order valence-corrected chi connectivity index (χ0v) is 16.8. The van der Waals surface area contributed by atoms with Crippen LogP contribution in [-0.4, -0.2) is 64.9 Å². The number of urea groups is 1. The highest BCUT2D eigenvalue weighted by Crippen LogP contribution is 2.29. The minimum Gasteiger partial charge on any atom is -0.366 e. The molecule has 4 N–H and O–H groups in total. The van der Waals surface area contributed by atoms with Gasteiger partial charge >= 0.3 is 6.03 Å². The van der Waals surface area contributed by atoms with Crippen molar-refractivity contribution in [1.82, 2.24) is 19.8 Å². The van der Waals surface area contributed by atoms with Crippen LogP contribution in [0.4, 0.5) is 10.5 Å². The molecule has 0 saturated carbocycles. The second-order valence-electron chi connectivity index (χ2n) is 7.33. The van der Waals surface area contributed by atoms with E-state index in [1.165, 1.54) is 0 Å². The Bertz CT molecular complexity index is 1100. The number of hydrogen-bond acceptors (Lipinski definition) is 4. The Morgan fingerprint density at radius 3 is 2.57 bits per heavy atom. The molecule has 1 fully saturated rings. The molecule has 3 heterocycles. The summed E-state index contributed by atoms with van der Waals surface area (Å²) in [5, 5.41) is 3.73. The van der Waals surface area contributed by atoms with Crippen LogP contribution in [0.25, 0.3) is 22.7 Å². The van der Waals surface area contributed by atoms with Crippen molar-refractivity contribution in [3.05, 3.63) is 59.9 Å². The lowest BCUT2D eigenvalue weighted by Crippen LogP contribution is -2.48. The highest BCUT2D eigenvalue weighted by Gasteiger charge is 2.20. The van der Waals surface area contributed by atoms with Crippen LogP contribution < -0.4 is 11.1 Å². The smallest absolute Gasteiger partial charge is 0.321 e. The Hall–Kier alpha value is -3.65. The van der Waals surface area contributed by atoms with E-state index in [-0.39, 0.29) is 6.03 Å². The molecule has 8 nitrogen and oxygen atoms in total. The maximum atomic E-state index is 12.8. The number of nitrogens with one attached hydrogen (secondary N) is 2. The Morgan fingerprint density at radius 1 is 1.13 bits per heavy atom. The number of H-pyrrole nitrogens is 1. The van der Waals surface area contributed by atoms with Gasteiger partial charge in [-0.15, -0.1) is 0 Å². The van der Waals surface area contributed by atoms with Crippen LogP contribution in [0.2, 0.25) is 0 Å². The van der Waals surface area contributed by atoms with Gasteiger partial charge in [0.05, 0.1) is 5.69 Å². The van der Waals surface area contributed by atoms with E-state index in [0.717, 1.165) is 29.6 Å². The van der Waals surface area contributed by atoms with E-state index in [1.807, 2.05) is 37.4 Å². The third-order valence-electron chi connectivity index (χ3n) is 5.29. The number of nitrogens with zero attached hydrogens (tertiary/aromatic N) is 3. The minimum atomic E-state index is -0.525. The zero-order chi connectivity index (χ0) is 21.1. The molecule has 0 unspecified atom stereocenters. The number of nitrogens with two attached hydrogens (primary N) is 1. The molecule has 3 amide bonds. The summed E-state index contributed by atoms with van der Waals surface area (Å²) in [6.45, 7) is 3.04. The Morgan fingerprint density at radius 2 is 1.87 bits per heavy atom. The lowest BCUT2D eigenvalue weighted by molar-refractivity contribution is -0.112. The summed E-state index contributed by atoms with van der Waals surface area (Å²) in [6, 6.07) is 10.9. The van der Waals surface area contributed by atoms with Crippen LogP contribution in [0, 0.1) is 0 Å². The molecule has 1 saturated heterocycles. The average molecular weight is 404 g/mol. The number of rotatable bonds is 4. The fourth-order valence-electron chi connectivity index (χ4n) is 3.57. The summed E-state index contributed by atoms with van der Waals surface area (Å²) >= 11 is 0. The van der Waals surface area contributed by atoms with Gasteiger partial charge in [-0.3, -0.25) is 4.79 Å². The molecule has 2 aromatic heterocycles. The van der Waals surface area contributed by atoms with E-state index >= 15 is 0 Å². The third kappa shape index (κ3) is 4.04. The van der Waals surface area contributed by atoms with Crippen LogP contribution >= 0.6 is 0 Å². The summed E-state index contributed by atoms with van der Waals surface area (Å²) in [6.07, 6.45) is 5.12. The number of likely N-dealkylation sites (N-methyl/N-ethyl adjacent to an activating group) is 1. The molecule has 4 rings (SSSR count). The number of fused-ring (bicyclic) bond motifs is 1. The summed E-state index contributed by atoms with van der Waals surface area (Å²) < 4.78 is 0. The highest BCUT2D eigenvalue weighted by molar-refractivity contribution is 6.24. The van der Waals surface area contributed by atoms with Crippen molar-refractivity contribution in [2.75, 3.05) is 38.5 Å². The molecule has 154 valence electrons. The number of aromatic amines is 1. The summed E-state index contributed by atoms with van der Waals surface area (Å²) in [7, 11) is 2.04. The molecule has 0 spiro atoms. The number of piperazine rings is 1. The number of aromatic nitrogens is 2. The lowest BCUT2D eigenvalue weighted by Gasteiger charge is -2.32. The van der Waals surface area contributed by atoms with Crippen molar-refractivity contribution in [3.8, 4) is 0 Å². The summed E-state index contributed by atoms with van der Waals surface area (Å²) in [5.74, 6) is -0.525. The molecule has 8 heteroatoms. The zero-order valence-electron chi connectivity index (χ0n) is 16.8. The molecule has 1 aliphatic rings. The van der Waals surface area contributed by atoms with E-state index in [2.05, 4.69) is 20.2 Å². The van der Waals surface area contributed by atoms with Gasteiger partial charge in [0.2, 0.25) is 5.91 Å². The second kappa shape index (κ2) is 8.38.